The van der Waals surface area contributed by atoms with Crippen LogP contribution in [0.2, 0.25) is 0 Å². The molecule has 0 atom stereocenters. The van der Waals surface area contributed by atoms with E-state index in [9.17, 15) is 4.79 Å². The van der Waals surface area contributed by atoms with Crippen molar-refractivity contribution in [2.24, 2.45) is 0 Å². The Morgan fingerprint density at radius 1 is 1.78 bits per heavy atom. The molecule has 0 bridgehead atoms. The van der Waals surface area contributed by atoms with Crippen LogP contribution in [-0.4, -0.2) is 27.8 Å². The minimum atomic E-state index is -1.10. The molecule has 1 amide bonds. The van der Waals surface area contributed by atoms with Crippen LogP contribution >= 0.6 is 0 Å². The second-order valence-electron chi connectivity index (χ2n) is 1.79. The zero-order chi connectivity index (χ0) is 6.85. The highest BCUT2D eigenvalue weighted by molar-refractivity contribution is 5.67. The van der Waals surface area contributed by atoms with Gasteiger partial charge in [0.2, 0.25) is 0 Å². The molecule has 9 heavy (non-hydrogen) atoms. The first-order chi connectivity index (χ1) is 4.22. The van der Waals surface area contributed by atoms with Crippen LogP contribution in [0.4, 0.5) is 4.79 Å². The monoisotopic (exact) mass is 129 g/mol. The third kappa shape index (κ3) is 0.960. The first-order valence-electron chi connectivity index (χ1n) is 2.61. The smallest absolute Gasteiger partial charge is 0.414 e. The number of rotatable bonds is 0. The van der Waals surface area contributed by atoms with E-state index in [1.807, 2.05) is 0 Å². The van der Waals surface area contributed by atoms with E-state index >= 15 is 0 Å². The van der Waals surface area contributed by atoms with Gasteiger partial charge in [0.05, 0.1) is 0 Å². The number of carbonyl (C=O) groups is 1. The van der Waals surface area contributed by atoms with Crippen LogP contribution < -0.4 is 0 Å². The molecule has 0 radical (unpaired) electrons. The number of amides is 1. The molecule has 1 aliphatic heterocycles. The highest BCUT2D eigenvalue weighted by Crippen LogP contribution is 2.10. The molecule has 0 unspecified atom stereocenters. The van der Waals surface area contributed by atoms with Crippen molar-refractivity contribution >= 4 is 6.09 Å². The molecule has 1 aliphatic rings. The van der Waals surface area contributed by atoms with E-state index in [4.69, 9.17) is 10.2 Å². The number of hydrogen-bond donors (Lipinski definition) is 2. The van der Waals surface area contributed by atoms with Crippen molar-refractivity contribution in [3.05, 3.63) is 12.0 Å². The molecular formula is C5H7NO3. The van der Waals surface area contributed by atoms with Gasteiger partial charge in [0.15, 0.2) is 5.88 Å². The average Bonchev–Trinajstić information content (AvgIpc) is 2.13. The second kappa shape index (κ2) is 1.97. The first-order valence-corrected chi connectivity index (χ1v) is 2.61. The topological polar surface area (TPSA) is 60.8 Å². The molecule has 50 valence electrons. The third-order valence-corrected chi connectivity index (χ3v) is 1.19. The normalized spacial score (nSPS) is 17.8. The summed E-state index contributed by atoms with van der Waals surface area (Å²) in [5.41, 5.74) is 0. The molecular weight excluding hydrogens is 122 g/mol. The van der Waals surface area contributed by atoms with Crippen molar-refractivity contribution in [2.75, 3.05) is 6.54 Å². The van der Waals surface area contributed by atoms with Gasteiger partial charge in [-0.25, -0.2) is 9.69 Å². The van der Waals surface area contributed by atoms with Gasteiger partial charge in [-0.1, -0.05) is 0 Å². The standard InChI is InChI=1S/C5H7NO3/c7-4-2-1-3-6(4)5(8)9/h2,7H,1,3H2,(H,8,9). The number of hydrogen-bond acceptors (Lipinski definition) is 2. The van der Waals surface area contributed by atoms with Crippen LogP contribution in [0.25, 0.3) is 0 Å². The van der Waals surface area contributed by atoms with Crippen LogP contribution in [0.1, 0.15) is 6.42 Å². The SMILES string of the molecule is O=C(O)N1CCC=C1O. The number of aliphatic hydroxyl groups excluding tert-OH is 1. The molecule has 0 aromatic carbocycles. The summed E-state index contributed by atoms with van der Waals surface area (Å²) in [4.78, 5) is 11.0. The Labute approximate surface area is 52.0 Å². The van der Waals surface area contributed by atoms with E-state index < -0.39 is 6.09 Å². The lowest BCUT2D eigenvalue weighted by Crippen LogP contribution is -2.25. The van der Waals surface area contributed by atoms with Gasteiger partial charge < -0.3 is 10.2 Å². The van der Waals surface area contributed by atoms with Crippen LogP contribution in [0.3, 0.4) is 0 Å². The highest BCUT2D eigenvalue weighted by atomic mass is 16.4. The number of nitrogens with zero attached hydrogens (tertiary/aromatic N) is 1. The van der Waals surface area contributed by atoms with Gasteiger partial charge in [0, 0.05) is 6.54 Å². The summed E-state index contributed by atoms with van der Waals surface area (Å²) in [6.07, 6.45) is 0.993. The van der Waals surface area contributed by atoms with E-state index in [0.29, 0.717) is 13.0 Å². The van der Waals surface area contributed by atoms with Crippen LogP contribution in [0.5, 0.6) is 0 Å². The minimum Gasteiger partial charge on any atom is -0.495 e. The summed E-state index contributed by atoms with van der Waals surface area (Å²) in [6, 6.07) is 0. The fourth-order valence-electron chi connectivity index (χ4n) is 0.741. The van der Waals surface area contributed by atoms with E-state index in [1.165, 1.54) is 6.08 Å². The summed E-state index contributed by atoms with van der Waals surface area (Å²) >= 11 is 0. The average molecular weight is 129 g/mol. The van der Waals surface area contributed by atoms with E-state index in [-0.39, 0.29) is 5.88 Å². The fraction of sp³-hybridized carbons (Fsp3) is 0.400. The molecule has 0 saturated heterocycles. The van der Waals surface area contributed by atoms with Crippen molar-refractivity contribution in [2.45, 2.75) is 6.42 Å². The van der Waals surface area contributed by atoms with Gasteiger partial charge >= 0.3 is 6.09 Å². The van der Waals surface area contributed by atoms with Gasteiger partial charge in [-0.2, -0.15) is 0 Å². The summed E-state index contributed by atoms with van der Waals surface area (Å²) < 4.78 is 0. The van der Waals surface area contributed by atoms with Crippen LogP contribution in [0.15, 0.2) is 12.0 Å². The van der Waals surface area contributed by atoms with Crippen LogP contribution in [-0.2, 0) is 0 Å². The molecule has 4 heteroatoms. The second-order valence-corrected chi connectivity index (χ2v) is 1.79. The van der Waals surface area contributed by atoms with Crippen molar-refractivity contribution in [3.63, 3.8) is 0 Å². The Morgan fingerprint density at radius 3 is 2.67 bits per heavy atom. The molecule has 1 rings (SSSR count). The summed E-state index contributed by atoms with van der Waals surface area (Å²) in [5, 5.41) is 17.1. The zero-order valence-electron chi connectivity index (χ0n) is 4.74. The molecule has 0 spiro atoms. The first kappa shape index (κ1) is 5.94. The summed E-state index contributed by atoms with van der Waals surface area (Å²) in [7, 11) is 0. The molecule has 1 heterocycles. The maximum Gasteiger partial charge on any atom is 0.414 e. The molecule has 0 saturated carbocycles. The van der Waals surface area contributed by atoms with Crippen LogP contribution in [0, 0.1) is 0 Å². The Bertz CT molecular complexity index is 164. The van der Waals surface area contributed by atoms with Gasteiger partial charge in [-0.15, -0.1) is 0 Å². The van der Waals surface area contributed by atoms with Crippen molar-refractivity contribution < 1.29 is 15.0 Å². The molecule has 0 fully saturated rings. The van der Waals surface area contributed by atoms with Gasteiger partial charge in [0.25, 0.3) is 0 Å². The lowest BCUT2D eigenvalue weighted by Gasteiger charge is -2.09. The Balaban J connectivity index is 2.63. The van der Waals surface area contributed by atoms with Gasteiger partial charge in [-0.3, -0.25) is 0 Å². The summed E-state index contributed by atoms with van der Waals surface area (Å²) in [6.45, 7) is 0.376. The summed E-state index contributed by atoms with van der Waals surface area (Å²) in [5.74, 6) is -0.150. The maximum absolute atomic E-state index is 10.1. The molecule has 4 nitrogen and oxygen atoms in total. The van der Waals surface area contributed by atoms with E-state index in [0.717, 1.165) is 4.90 Å². The van der Waals surface area contributed by atoms with Crippen molar-refractivity contribution in [1.29, 1.82) is 0 Å². The highest BCUT2D eigenvalue weighted by Gasteiger charge is 2.19. The molecule has 0 aromatic rings. The molecule has 0 aromatic heterocycles. The Morgan fingerprint density at radius 2 is 2.44 bits per heavy atom. The lowest BCUT2D eigenvalue weighted by atomic mass is 10.5. The Hall–Kier alpha value is -1.19. The zero-order valence-corrected chi connectivity index (χ0v) is 4.74. The predicted molar refractivity (Wildman–Crippen MR) is 30.1 cm³/mol. The number of aliphatic hydroxyl groups is 1. The van der Waals surface area contributed by atoms with Gasteiger partial charge in [-0.05, 0) is 12.5 Å². The van der Waals surface area contributed by atoms with E-state index in [2.05, 4.69) is 0 Å². The third-order valence-electron chi connectivity index (χ3n) is 1.19. The lowest BCUT2D eigenvalue weighted by molar-refractivity contribution is 0.140. The fourth-order valence-corrected chi connectivity index (χ4v) is 0.741. The predicted octanol–water partition coefficient (Wildman–Crippen LogP) is 0.770. The maximum atomic E-state index is 10.1. The number of carboxylic acid groups (broad SMARTS) is 1. The Kier molecular flexibility index (Phi) is 1.30. The van der Waals surface area contributed by atoms with E-state index in [1.54, 1.807) is 0 Å². The quantitative estimate of drug-likeness (QED) is 0.507. The van der Waals surface area contributed by atoms with Crippen molar-refractivity contribution in [1.82, 2.24) is 4.90 Å². The van der Waals surface area contributed by atoms with Crippen molar-refractivity contribution in [3.8, 4) is 0 Å². The minimum absolute atomic E-state index is 0.150. The molecule has 2 N–H and O–H groups in total. The largest absolute Gasteiger partial charge is 0.495 e. The molecule has 0 aliphatic carbocycles. The van der Waals surface area contributed by atoms with Gasteiger partial charge in [0.1, 0.15) is 0 Å².